The molecule has 1 fully saturated rings. The minimum atomic E-state index is -0.336. The number of hydrogen-bond acceptors (Lipinski definition) is 6. The van der Waals surface area contributed by atoms with Gasteiger partial charge >= 0.3 is 5.63 Å². The molecule has 6 nitrogen and oxygen atoms in total. The normalized spacial score (nSPS) is 14.6. The summed E-state index contributed by atoms with van der Waals surface area (Å²) in [7, 11) is 0. The fraction of sp³-hybridized carbons (Fsp3) is 0.381. The molecule has 1 saturated heterocycles. The summed E-state index contributed by atoms with van der Waals surface area (Å²) < 4.78 is 5.49. The zero-order chi connectivity index (χ0) is 19.7. The van der Waals surface area contributed by atoms with Crippen LogP contribution in [0.2, 0.25) is 0 Å². The van der Waals surface area contributed by atoms with Crippen molar-refractivity contribution in [2.24, 2.45) is 0 Å². The zero-order valence-corrected chi connectivity index (χ0v) is 16.9. The van der Waals surface area contributed by atoms with Crippen LogP contribution in [-0.4, -0.2) is 42.0 Å². The monoisotopic (exact) mass is 397 g/mol. The number of carbonyl (C=O) groups excluding carboxylic acids is 1. The first-order valence-corrected chi connectivity index (χ1v) is 10.4. The highest BCUT2D eigenvalue weighted by Crippen LogP contribution is 2.22. The Hall–Kier alpha value is -2.67. The first-order chi connectivity index (χ1) is 13.5. The van der Waals surface area contributed by atoms with Crippen LogP contribution in [0.3, 0.4) is 0 Å². The molecule has 0 atom stereocenters. The zero-order valence-electron chi connectivity index (χ0n) is 16.1. The Morgan fingerprint density at radius 3 is 2.71 bits per heavy atom. The predicted molar refractivity (Wildman–Crippen MR) is 111 cm³/mol. The number of hydrogen-bond donors (Lipinski definition) is 0. The van der Waals surface area contributed by atoms with E-state index >= 15 is 0 Å². The summed E-state index contributed by atoms with van der Waals surface area (Å²) in [5.74, 6) is 0.0848. The van der Waals surface area contributed by atoms with Crippen molar-refractivity contribution in [2.75, 3.05) is 31.1 Å². The maximum atomic E-state index is 12.7. The van der Waals surface area contributed by atoms with Gasteiger partial charge in [-0.2, -0.15) is 0 Å². The van der Waals surface area contributed by atoms with E-state index in [9.17, 15) is 9.59 Å². The van der Waals surface area contributed by atoms with Crippen molar-refractivity contribution in [3.63, 3.8) is 0 Å². The van der Waals surface area contributed by atoms with Crippen LogP contribution in [0.5, 0.6) is 0 Å². The van der Waals surface area contributed by atoms with Gasteiger partial charge in [0.15, 0.2) is 5.13 Å². The number of piperazine rings is 1. The molecule has 0 radical (unpaired) electrons. The van der Waals surface area contributed by atoms with Crippen LogP contribution in [0.15, 0.2) is 39.0 Å². The molecule has 28 heavy (non-hydrogen) atoms. The van der Waals surface area contributed by atoms with E-state index in [1.165, 1.54) is 0 Å². The lowest BCUT2D eigenvalue weighted by atomic mass is 10.0. The van der Waals surface area contributed by atoms with Gasteiger partial charge in [0.25, 0.3) is 0 Å². The summed E-state index contributed by atoms with van der Waals surface area (Å²) >= 11 is 1.62. The first-order valence-electron chi connectivity index (χ1n) is 9.48. The minimum Gasteiger partial charge on any atom is -0.423 e. The molecule has 0 spiro atoms. The van der Waals surface area contributed by atoms with Crippen molar-refractivity contribution < 1.29 is 9.21 Å². The maximum Gasteiger partial charge on any atom is 0.339 e. The Labute approximate surface area is 167 Å². The fourth-order valence-corrected chi connectivity index (χ4v) is 4.40. The standard InChI is InChI=1S/C21H23N3O3S/c1-14-3-4-16-15(2)17(20(26)27-18(16)13-14)5-6-19(25)23-8-10-24(11-9-23)21-22-7-12-28-21/h3-4,7,12-13H,5-6,8-11H2,1-2H3. The van der Waals surface area contributed by atoms with Gasteiger partial charge in [0.05, 0.1) is 0 Å². The van der Waals surface area contributed by atoms with Gasteiger partial charge in [-0.05, 0) is 37.5 Å². The number of thiazole rings is 1. The van der Waals surface area contributed by atoms with Gasteiger partial charge < -0.3 is 14.2 Å². The number of rotatable bonds is 4. The third kappa shape index (κ3) is 3.67. The summed E-state index contributed by atoms with van der Waals surface area (Å²) in [5.41, 5.74) is 2.83. The summed E-state index contributed by atoms with van der Waals surface area (Å²) in [6.45, 7) is 6.84. The van der Waals surface area contributed by atoms with Crippen LogP contribution in [0.4, 0.5) is 5.13 Å². The van der Waals surface area contributed by atoms with E-state index in [2.05, 4.69) is 9.88 Å². The number of nitrogens with zero attached hydrogens (tertiary/aromatic N) is 3. The van der Waals surface area contributed by atoms with Gasteiger partial charge in [0.2, 0.25) is 5.91 Å². The van der Waals surface area contributed by atoms with Crippen LogP contribution in [0.1, 0.15) is 23.1 Å². The molecule has 7 heteroatoms. The van der Waals surface area contributed by atoms with Crippen molar-refractivity contribution in [1.29, 1.82) is 0 Å². The molecule has 1 aliphatic rings. The Morgan fingerprint density at radius 2 is 2.00 bits per heavy atom. The van der Waals surface area contributed by atoms with E-state index < -0.39 is 0 Å². The van der Waals surface area contributed by atoms with Crippen LogP contribution >= 0.6 is 11.3 Å². The van der Waals surface area contributed by atoms with E-state index in [1.807, 2.05) is 42.3 Å². The van der Waals surface area contributed by atoms with E-state index in [0.717, 1.165) is 34.7 Å². The van der Waals surface area contributed by atoms with E-state index in [0.29, 0.717) is 37.1 Å². The van der Waals surface area contributed by atoms with Crippen molar-refractivity contribution in [3.8, 4) is 0 Å². The highest BCUT2D eigenvalue weighted by molar-refractivity contribution is 7.13. The molecule has 2 aromatic heterocycles. The summed E-state index contributed by atoms with van der Waals surface area (Å²) in [6.07, 6.45) is 2.53. The third-order valence-electron chi connectivity index (χ3n) is 5.35. The number of amides is 1. The fourth-order valence-electron chi connectivity index (χ4n) is 3.70. The van der Waals surface area contributed by atoms with Gasteiger partial charge in [-0.3, -0.25) is 4.79 Å². The highest BCUT2D eigenvalue weighted by atomic mass is 32.1. The van der Waals surface area contributed by atoms with Crippen LogP contribution in [0, 0.1) is 13.8 Å². The van der Waals surface area contributed by atoms with Crippen molar-refractivity contribution >= 4 is 33.3 Å². The second kappa shape index (κ2) is 7.75. The van der Waals surface area contributed by atoms with Gasteiger partial charge in [0.1, 0.15) is 5.58 Å². The molecular weight excluding hydrogens is 374 g/mol. The molecule has 1 aromatic carbocycles. The number of aromatic nitrogens is 1. The number of carbonyl (C=O) groups is 1. The van der Waals surface area contributed by atoms with Crippen molar-refractivity contribution in [1.82, 2.24) is 9.88 Å². The Morgan fingerprint density at radius 1 is 1.21 bits per heavy atom. The van der Waals surface area contributed by atoms with E-state index in [4.69, 9.17) is 4.42 Å². The van der Waals surface area contributed by atoms with Gasteiger partial charge in [-0.15, -0.1) is 11.3 Å². The molecule has 0 unspecified atom stereocenters. The third-order valence-corrected chi connectivity index (χ3v) is 6.19. The Balaban J connectivity index is 1.41. The number of fused-ring (bicyclic) bond motifs is 1. The average molecular weight is 398 g/mol. The lowest BCUT2D eigenvalue weighted by Crippen LogP contribution is -2.48. The van der Waals surface area contributed by atoms with Crippen LogP contribution < -0.4 is 10.5 Å². The summed E-state index contributed by atoms with van der Waals surface area (Å²) in [6, 6.07) is 5.86. The highest BCUT2D eigenvalue weighted by Gasteiger charge is 2.23. The lowest BCUT2D eigenvalue weighted by Gasteiger charge is -2.34. The molecular formula is C21H23N3O3S. The Kier molecular flexibility index (Phi) is 5.17. The molecule has 1 aliphatic heterocycles. The molecule has 146 valence electrons. The molecule has 0 aliphatic carbocycles. The smallest absolute Gasteiger partial charge is 0.339 e. The van der Waals surface area contributed by atoms with Crippen LogP contribution in [-0.2, 0) is 11.2 Å². The maximum absolute atomic E-state index is 12.7. The average Bonchev–Trinajstić information content (AvgIpc) is 3.22. The first kappa shape index (κ1) is 18.7. The SMILES string of the molecule is Cc1ccc2c(C)c(CCC(=O)N3CCN(c4nccs4)CC3)c(=O)oc2c1. The predicted octanol–water partition coefficient (Wildman–Crippen LogP) is 3.15. The van der Waals surface area contributed by atoms with Crippen LogP contribution in [0.25, 0.3) is 11.0 Å². The molecule has 3 aromatic rings. The van der Waals surface area contributed by atoms with E-state index in [1.54, 1.807) is 17.5 Å². The summed E-state index contributed by atoms with van der Waals surface area (Å²) in [5, 5.41) is 3.91. The minimum absolute atomic E-state index is 0.0848. The summed E-state index contributed by atoms with van der Waals surface area (Å²) in [4.78, 5) is 33.5. The lowest BCUT2D eigenvalue weighted by molar-refractivity contribution is -0.131. The molecule has 3 heterocycles. The van der Waals surface area contributed by atoms with Gasteiger partial charge in [-0.25, -0.2) is 9.78 Å². The largest absolute Gasteiger partial charge is 0.423 e. The molecule has 0 saturated carbocycles. The molecule has 4 rings (SSSR count). The number of benzene rings is 1. The second-order valence-corrected chi connectivity index (χ2v) is 8.05. The number of anilines is 1. The number of aryl methyl sites for hydroxylation is 2. The topological polar surface area (TPSA) is 66.7 Å². The molecule has 0 N–H and O–H groups in total. The van der Waals surface area contributed by atoms with Crippen molar-refractivity contribution in [2.45, 2.75) is 26.7 Å². The van der Waals surface area contributed by atoms with Gasteiger partial charge in [0, 0.05) is 55.1 Å². The second-order valence-electron chi connectivity index (χ2n) is 7.18. The Bertz CT molecular complexity index is 1050. The molecule has 1 amide bonds. The van der Waals surface area contributed by atoms with Gasteiger partial charge in [-0.1, -0.05) is 12.1 Å². The molecule has 0 bridgehead atoms. The van der Waals surface area contributed by atoms with Crippen molar-refractivity contribution in [3.05, 3.63) is 56.9 Å². The quantitative estimate of drug-likeness (QED) is 0.633. The van der Waals surface area contributed by atoms with E-state index in [-0.39, 0.29) is 11.5 Å².